The van der Waals surface area contributed by atoms with Crippen LogP contribution in [-0.4, -0.2) is 29.3 Å². The molecule has 0 saturated carbocycles. The zero-order valence-electron chi connectivity index (χ0n) is 4.46. The van der Waals surface area contributed by atoms with Crippen LogP contribution >= 0.6 is 0 Å². The molecule has 1 aliphatic heterocycles. The Hall–Kier alpha value is 0.230. The molecule has 0 atom stereocenters. The van der Waals surface area contributed by atoms with Crippen molar-refractivity contribution in [3.63, 3.8) is 0 Å². The summed E-state index contributed by atoms with van der Waals surface area (Å²) in [5.74, 6) is 1.04. The van der Waals surface area contributed by atoms with Gasteiger partial charge in [0.15, 0.2) is 24.7 Å². The lowest BCUT2D eigenvalue weighted by molar-refractivity contribution is -0.792. The first-order chi connectivity index (χ1) is 3.79. The molecule has 3 nitrogen and oxygen atoms in total. The van der Waals surface area contributed by atoms with Crippen molar-refractivity contribution in [2.75, 3.05) is 24.7 Å². The van der Waals surface area contributed by atoms with E-state index in [9.17, 15) is 9.81 Å². The van der Waals surface area contributed by atoms with Crippen LogP contribution in [0.3, 0.4) is 0 Å². The maximum Gasteiger partial charge on any atom is 0.197 e. The molecule has 1 aliphatic rings. The minimum atomic E-state index is -0.723. The van der Waals surface area contributed by atoms with Crippen molar-refractivity contribution in [2.45, 2.75) is 0 Å². The third-order valence-electron chi connectivity index (χ3n) is 1.08. The summed E-state index contributed by atoms with van der Waals surface area (Å²) in [7, 11) is 0. The summed E-state index contributed by atoms with van der Waals surface area (Å²) in [6.07, 6.45) is 0. The Labute approximate surface area is 51.1 Å². The van der Waals surface area contributed by atoms with Gasteiger partial charge in [0.25, 0.3) is 0 Å². The van der Waals surface area contributed by atoms with Gasteiger partial charge in [-0.1, -0.05) is 0 Å². The summed E-state index contributed by atoms with van der Waals surface area (Å²) in [6, 6.07) is 0. The van der Waals surface area contributed by atoms with Gasteiger partial charge in [-0.15, -0.1) is 0 Å². The van der Waals surface area contributed by atoms with Crippen LogP contribution in [0.15, 0.2) is 0 Å². The monoisotopic (exact) mass is 136 g/mol. The fourth-order valence-corrected chi connectivity index (χ4v) is 1.52. The van der Waals surface area contributed by atoms with Gasteiger partial charge in [0.2, 0.25) is 0 Å². The lowest BCUT2D eigenvalue weighted by atomic mass is 10.8. The maximum atomic E-state index is 10.5. The van der Waals surface area contributed by atoms with Gasteiger partial charge in [-0.05, 0) is 11.2 Å². The molecule has 0 unspecified atom stereocenters. The summed E-state index contributed by atoms with van der Waals surface area (Å²) < 4.78 is 12.2. The van der Waals surface area contributed by atoms with E-state index in [2.05, 4.69) is 0 Å². The summed E-state index contributed by atoms with van der Waals surface area (Å²) in [4.78, 5) is 0. The largest absolute Gasteiger partial charge is 0.616 e. The molecule has 0 N–H and O–H groups in total. The van der Waals surface area contributed by atoms with Gasteiger partial charge in [0, 0.05) is 0 Å². The molecule has 0 aromatic heterocycles. The van der Waals surface area contributed by atoms with Gasteiger partial charge in [0.1, 0.15) is 0 Å². The zero-order valence-corrected chi connectivity index (χ0v) is 5.28. The van der Waals surface area contributed by atoms with Crippen molar-refractivity contribution < 1.29 is 14.3 Å². The number of hydrogen-bond acceptors (Lipinski definition) is 2. The third-order valence-corrected chi connectivity index (χ3v) is 2.32. The van der Waals surface area contributed by atoms with Gasteiger partial charge in [0.05, 0.1) is 0 Å². The van der Waals surface area contributed by atoms with Crippen LogP contribution in [-0.2, 0) is 15.7 Å². The molecule has 0 amide bonds. The van der Waals surface area contributed by atoms with E-state index in [1.165, 1.54) is 0 Å². The topological polar surface area (TPSA) is 48.8 Å². The Morgan fingerprint density at radius 2 is 1.75 bits per heavy atom. The maximum absolute atomic E-state index is 10.5. The van der Waals surface area contributed by atoms with Crippen LogP contribution in [0, 0.1) is 0 Å². The van der Waals surface area contributed by atoms with E-state index in [4.69, 9.17) is 0 Å². The summed E-state index contributed by atoms with van der Waals surface area (Å²) in [5, 5.41) is 10.3. The van der Waals surface area contributed by atoms with E-state index < -0.39 is 11.2 Å². The van der Waals surface area contributed by atoms with E-state index in [0.717, 1.165) is 0 Å². The molecule has 0 aromatic rings. The summed E-state index contributed by atoms with van der Waals surface area (Å²) in [5.41, 5.74) is 0. The van der Waals surface area contributed by atoms with Crippen LogP contribution in [0.1, 0.15) is 0 Å². The van der Waals surface area contributed by atoms with Gasteiger partial charge in [-0.25, -0.2) is 0 Å². The van der Waals surface area contributed by atoms with Crippen molar-refractivity contribution >= 4 is 11.2 Å². The minimum absolute atomic E-state index is 0.368. The highest BCUT2D eigenvalue weighted by atomic mass is 32.2. The predicted octanol–water partition coefficient (Wildman–Crippen LogP) is -1.42. The smallest absolute Gasteiger partial charge is 0.197 e. The van der Waals surface area contributed by atoms with E-state index in [0.29, 0.717) is 24.7 Å². The molecule has 48 valence electrons. The van der Waals surface area contributed by atoms with Crippen molar-refractivity contribution in [1.29, 1.82) is 0 Å². The van der Waals surface area contributed by atoms with Crippen molar-refractivity contribution in [2.24, 2.45) is 0 Å². The second-order valence-corrected chi connectivity index (χ2v) is 3.39. The van der Waals surface area contributed by atoms with E-state index in [1.807, 2.05) is 0 Å². The molecule has 4 heteroatoms. The number of rotatable bonds is 0. The quantitative estimate of drug-likeness (QED) is 0.303. The Balaban J connectivity index is 2.19. The van der Waals surface area contributed by atoms with Crippen LogP contribution in [0.4, 0.5) is 0 Å². The van der Waals surface area contributed by atoms with E-state index in [-0.39, 0.29) is 0 Å². The van der Waals surface area contributed by atoms with Gasteiger partial charge >= 0.3 is 0 Å². The average Bonchev–Trinajstić information content (AvgIpc) is 1.77. The van der Waals surface area contributed by atoms with E-state index in [1.54, 1.807) is 4.52 Å². The summed E-state index contributed by atoms with van der Waals surface area (Å²) in [6.45, 7) is 0.735. The first-order valence-corrected chi connectivity index (χ1v) is 3.98. The Kier molecular flexibility index (Phi) is 2.13. The second kappa shape index (κ2) is 2.68. The molecule has 1 saturated heterocycles. The Morgan fingerprint density at radius 3 is 2.12 bits per heavy atom. The molecule has 0 radical (unpaired) electrons. The molecular formula is C4H8O3S. The molecule has 1 heterocycles. The normalized spacial score (nSPS) is 26.2. The molecule has 0 aliphatic carbocycles. The van der Waals surface area contributed by atoms with Gasteiger partial charge in [-0.3, -0.25) is 0 Å². The highest BCUT2D eigenvalue weighted by Gasteiger charge is 2.18. The molecule has 1 fully saturated rings. The first kappa shape index (κ1) is 6.35. The fourth-order valence-electron chi connectivity index (χ4n) is 0.576. The van der Waals surface area contributed by atoms with Gasteiger partial charge in [-0.2, -0.15) is 0 Å². The standard InChI is InChI=1S/C4H8O3S/c5-7-1-3-8(6)4-2-7/h1-4H2. The third kappa shape index (κ3) is 1.63. The molecule has 0 bridgehead atoms. The lowest BCUT2D eigenvalue weighted by Crippen LogP contribution is -2.40. The molecule has 0 aromatic carbocycles. The molecule has 8 heavy (non-hydrogen) atoms. The minimum Gasteiger partial charge on any atom is -0.616 e. The van der Waals surface area contributed by atoms with Crippen molar-refractivity contribution in [3.05, 3.63) is 0 Å². The van der Waals surface area contributed by atoms with Crippen LogP contribution < -0.4 is 5.26 Å². The Bertz CT molecular complexity index is 59.7. The highest BCUT2D eigenvalue weighted by Crippen LogP contribution is 2.01. The zero-order chi connectivity index (χ0) is 5.98. The van der Waals surface area contributed by atoms with Gasteiger partial charge < -0.3 is 14.3 Å². The van der Waals surface area contributed by atoms with Crippen molar-refractivity contribution in [3.8, 4) is 0 Å². The fraction of sp³-hybridized carbons (Fsp3) is 1.00. The van der Waals surface area contributed by atoms with Crippen molar-refractivity contribution in [1.82, 2.24) is 0 Å². The highest BCUT2D eigenvalue weighted by molar-refractivity contribution is 7.91. The van der Waals surface area contributed by atoms with Crippen LogP contribution in [0.5, 0.6) is 0 Å². The average molecular weight is 136 g/mol. The number of hydrogen-bond donors (Lipinski definition) is 0. The first-order valence-electron chi connectivity index (χ1n) is 2.49. The van der Waals surface area contributed by atoms with Crippen LogP contribution in [0.2, 0.25) is 0 Å². The summed E-state index contributed by atoms with van der Waals surface area (Å²) >= 11 is -0.723. The predicted molar refractivity (Wildman–Crippen MR) is 28.7 cm³/mol. The SMILES string of the molecule is [O-][O+]1CC[S+]([O-])CC1. The molecule has 0 spiro atoms. The van der Waals surface area contributed by atoms with E-state index >= 15 is 0 Å². The van der Waals surface area contributed by atoms with Crippen LogP contribution in [0.25, 0.3) is 0 Å². The molecular weight excluding hydrogens is 128 g/mol. The lowest BCUT2D eigenvalue weighted by Gasteiger charge is -2.25. The molecule has 1 rings (SSSR count). The second-order valence-electron chi connectivity index (χ2n) is 1.70. The Morgan fingerprint density at radius 1 is 1.25 bits per heavy atom.